The van der Waals surface area contributed by atoms with Gasteiger partial charge in [-0.25, -0.2) is 9.97 Å². The first-order chi connectivity index (χ1) is 15.6. The maximum absolute atomic E-state index is 12.1. The number of ketones is 1. The molecule has 32 heavy (non-hydrogen) atoms. The highest BCUT2D eigenvalue weighted by Crippen LogP contribution is 2.27. The van der Waals surface area contributed by atoms with E-state index in [2.05, 4.69) is 15.3 Å². The molecule has 3 rings (SSSR count). The summed E-state index contributed by atoms with van der Waals surface area (Å²) in [6, 6.07) is 15.7. The number of carbonyl (C=O) groups is 1. The summed E-state index contributed by atoms with van der Waals surface area (Å²) in [5, 5.41) is 3.28. The minimum Gasteiger partial charge on any atom is -0.493 e. The van der Waals surface area contributed by atoms with Crippen molar-refractivity contribution in [1.82, 2.24) is 9.97 Å². The number of hydrogen-bond donors (Lipinski definition) is 2. The second-order valence-electron chi connectivity index (χ2n) is 7.44. The Kier molecular flexibility index (Phi) is 8.57. The molecule has 0 fully saturated rings. The molecule has 0 spiro atoms. The molecule has 0 bridgehead atoms. The Balaban J connectivity index is 1.62. The zero-order chi connectivity index (χ0) is 22.8. The molecule has 0 aliphatic rings. The van der Waals surface area contributed by atoms with E-state index in [0.717, 1.165) is 35.2 Å². The third-order valence-corrected chi connectivity index (χ3v) is 5.08. The number of carbonyl (C=O) groups excluding carboxylic acids is 1. The molecule has 3 aromatic rings. The van der Waals surface area contributed by atoms with Crippen LogP contribution in [0.3, 0.4) is 0 Å². The van der Waals surface area contributed by atoms with E-state index >= 15 is 0 Å². The molecule has 7 heteroatoms. The fraction of sp³-hybridized carbons (Fsp3) is 0.320. The molecule has 7 nitrogen and oxygen atoms in total. The molecule has 0 saturated heterocycles. The number of Topliss-reactive ketones (excluding diaryl/α,β-unsaturated/α-hetero) is 1. The summed E-state index contributed by atoms with van der Waals surface area (Å²) in [5.41, 5.74) is 9.36. The molecular weight excluding hydrogens is 404 g/mol. The quantitative estimate of drug-likeness (QED) is 0.449. The Morgan fingerprint density at radius 1 is 1.03 bits per heavy atom. The molecule has 0 saturated carbocycles. The van der Waals surface area contributed by atoms with E-state index in [9.17, 15) is 4.79 Å². The lowest BCUT2D eigenvalue weighted by Crippen LogP contribution is -2.08. The van der Waals surface area contributed by atoms with Gasteiger partial charge < -0.3 is 20.5 Å². The smallest absolute Gasteiger partial charge is 0.223 e. The number of hydrogen-bond acceptors (Lipinski definition) is 7. The summed E-state index contributed by atoms with van der Waals surface area (Å²) < 4.78 is 10.6. The van der Waals surface area contributed by atoms with Crippen LogP contribution >= 0.6 is 0 Å². The maximum atomic E-state index is 12.1. The molecule has 1 heterocycles. The lowest BCUT2D eigenvalue weighted by atomic mass is 10.0. The van der Waals surface area contributed by atoms with Gasteiger partial charge in [0, 0.05) is 31.1 Å². The van der Waals surface area contributed by atoms with Crippen LogP contribution in [0.25, 0.3) is 11.3 Å². The molecule has 2 aromatic carbocycles. The van der Waals surface area contributed by atoms with Crippen LogP contribution < -0.4 is 20.5 Å². The predicted octanol–water partition coefficient (Wildman–Crippen LogP) is 3.67. The average Bonchev–Trinajstić information content (AvgIpc) is 2.83. The van der Waals surface area contributed by atoms with Crippen LogP contribution in [0, 0.1) is 0 Å². The third-order valence-electron chi connectivity index (χ3n) is 5.08. The zero-order valence-electron chi connectivity index (χ0n) is 18.6. The minimum absolute atomic E-state index is 0.202. The summed E-state index contributed by atoms with van der Waals surface area (Å²) in [4.78, 5) is 21.0. The van der Waals surface area contributed by atoms with Crippen molar-refractivity contribution in [3.63, 3.8) is 0 Å². The van der Waals surface area contributed by atoms with Crippen molar-refractivity contribution in [2.24, 2.45) is 5.73 Å². The number of nitrogens with zero attached hydrogens (tertiary/aromatic N) is 2. The number of methoxy groups -OCH3 is 2. The summed E-state index contributed by atoms with van der Waals surface area (Å²) in [6.45, 7) is 1.21. The Morgan fingerprint density at radius 2 is 1.88 bits per heavy atom. The lowest BCUT2D eigenvalue weighted by Gasteiger charge is -2.10. The first kappa shape index (κ1) is 23.2. The number of anilines is 1. The Morgan fingerprint density at radius 3 is 2.66 bits per heavy atom. The molecule has 0 aliphatic carbocycles. The first-order valence-corrected chi connectivity index (χ1v) is 10.7. The Labute approximate surface area is 189 Å². The Hall–Kier alpha value is -3.45. The van der Waals surface area contributed by atoms with E-state index in [1.807, 2.05) is 48.5 Å². The van der Waals surface area contributed by atoms with Crippen LogP contribution in [0.2, 0.25) is 0 Å². The SMILES string of the molecule is COc1ccc(CCNc2nccc(-c3cccc(CC(=O)CCCN)c3)n2)cc1OC. The van der Waals surface area contributed by atoms with Gasteiger partial charge in [0.15, 0.2) is 11.5 Å². The van der Waals surface area contributed by atoms with Crippen molar-refractivity contribution < 1.29 is 14.3 Å². The molecule has 0 aliphatic heterocycles. The molecule has 0 radical (unpaired) electrons. The average molecular weight is 435 g/mol. The maximum Gasteiger partial charge on any atom is 0.223 e. The van der Waals surface area contributed by atoms with Gasteiger partial charge in [0.1, 0.15) is 5.78 Å². The number of nitrogens with two attached hydrogens (primary N) is 1. The first-order valence-electron chi connectivity index (χ1n) is 10.7. The van der Waals surface area contributed by atoms with Gasteiger partial charge in [0.25, 0.3) is 0 Å². The number of aromatic nitrogens is 2. The topological polar surface area (TPSA) is 99.4 Å². The fourth-order valence-electron chi connectivity index (χ4n) is 3.42. The predicted molar refractivity (Wildman–Crippen MR) is 126 cm³/mol. The van der Waals surface area contributed by atoms with E-state index < -0.39 is 0 Å². The van der Waals surface area contributed by atoms with Gasteiger partial charge in [-0.1, -0.05) is 24.3 Å². The van der Waals surface area contributed by atoms with Crippen molar-refractivity contribution in [2.75, 3.05) is 32.6 Å². The summed E-state index contributed by atoms with van der Waals surface area (Å²) >= 11 is 0. The van der Waals surface area contributed by atoms with Gasteiger partial charge in [-0.3, -0.25) is 4.79 Å². The van der Waals surface area contributed by atoms with E-state index in [-0.39, 0.29) is 5.78 Å². The number of ether oxygens (including phenoxy) is 2. The molecular formula is C25H30N4O3. The van der Waals surface area contributed by atoms with E-state index in [4.69, 9.17) is 15.2 Å². The molecule has 0 unspecified atom stereocenters. The summed E-state index contributed by atoms with van der Waals surface area (Å²) in [5.74, 6) is 2.19. The van der Waals surface area contributed by atoms with Crippen LogP contribution in [0.1, 0.15) is 24.0 Å². The van der Waals surface area contributed by atoms with Crippen LogP contribution in [0.5, 0.6) is 11.5 Å². The summed E-state index contributed by atoms with van der Waals surface area (Å²) in [7, 11) is 3.25. The molecule has 168 valence electrons. The van der Waals surface area contributed by atoms with Gasteiger partial charge in [-0.05, 0) is 54.8 Å². The second kappa shape index (κ2) is 11.8. The lowest BCUT2D eigenvalue weighted by molar-refractivity contribution is -0.118. The summed E-state index contributed by atoms with van der Waals surface area (Å²) in [6.07, 6.45) is 4.18. The second-order valence-corrected chi connectivity index (χ2v) is 7.44. The third kappa shape index (κ3) is 6.52. The van der Waals surface area contributed by atoms with Gasteiger partial charge in [0.05, 0.1) is 19.9 Å². The van der Waals surface area contributed by atoms with Crippen molar-refractivity contribution in [2.45, 2.75) is 25.7 Å². The van der Waals surface area contributed by atoms with Crippen molar-refractivity contribution in [1.29, 1.82) is 0 Å². The monoisotopic (exact) mass is 434 g/mol. The van der Waals surface area contributed by atoms with Gasteiger partial charge in [0.2, 0.25) is 5.95 Å². The standard InChI is InChI=1S/C25H30N4O3/c1-31-23-9-8-18(17-24(23)32-2)10-13-27-25-28-14-11-22(29-25)20-6-3-5-19(15-20)16-21(30)7-4-12-26/h3,5-6,8-9,11,14-15,17H,4,7,10,12-13,16,26H2,1-2H3,(H,27,28,29). The minimum atomic E-state index is 0.202. The van der Waals surface area contributed by atoms with Crippen molar-refractivity contribution in [3.05, 3.63) is 65.9 Å². The van der Waals surface area contributed by atoms with Crippen LogP contribution in [0.4, 0.5) is 5.95 Å². The molecule has 3 N–H and O–H groups in total. The van der Waals surface area contributed by atoms with Crippen LogP contribution in [-0.2, 0) is 17.6 Å². The number of benzene rings is 2. The highest BCUT2D eigenvalue weighted by atomic mass is 16.5. The fourth-order valence-corrected chi connectivity index (χ4v) is 3.42. The zero-order valence-corrected chi connectivity index (χ0v) is 18.6. The largest absolute Gasteiger partial charge is 0.493 e. The number of nitrogens with one attached hydrogen (secondary N) is 1. The Bertz CT molecular complexity index is 1040. The van der Waals surface area contributed by atoms with Gasteiger partial charge in [-0.15, -0.1) is 0 Å². The molecule has 0 amide bonds. The van der Waals surface area contributed by atoms with Gasteiger partial charge >= 0.3 is 0 Å². The molecule has 1 aromatic heterocycles. The van der Waals surface area contributed by atoms with Crippen molar-refractivity contribution >= 4 is 11.7 Å². The van der Waals surface area contributed by atoms with E-state index in [0.29, 0.717) is 43.4 Å². The molecule has 0 atom stereocenters. The van der Waals surface area contributed by atoms with Gasteiger partial charge in [-0.2, -0.15) is 0 Å². The highest BCUT2D eigenvalue weighted by molar-refractivity contribution is 5.81. The highest BCUT2D eigenvalue weighted by Gasteiger charge is 2.08. The van der Waals surface area contributed by atoms with E-state index in [1.54, 1.807) is 20.4 Å². The van der Waals surface area contributed by atoms with E-state index in [1.165, 1.54) is 0 Å². The normalized spacial score (nSPS) is 10.6. The van der Waals surface area contributed by atoms with Crippen molar-refractivity contribution in [3.8, 4) is 22.8 Å². The number of rotatable bonds is 12. The van der Waals surface area contributed by atoms with Crippen LogP contribution in [0.15, 0.2) is 54.7 Å². The van der Waals surface area contributed by atoms with Crippen LogP contribution in [-0.4, -0.2) is 43.1 Å².